The van der Waals surface area contributed by atoms with Crippen molar-refractivity contribution in [1.82, 2.24) is 0 Å². The molecule has 98 valence electrons. The third-order valence-electron chi connectivity index (χ3n) is 2.14. The fourth-order valence-electron chi connectivity index (χ4n) is 1.32. The second-order valence-corrected chi connectivity index (χ2v) is 3.78. The molecule has 1 aromatic rings. The number of nitrogens with two attached hydrogens (primary N) is 1. The van der Waals surface area contributed by atoms with Gasteiger partial charge in [-0.25, -0.2) is 4.79 Å². The molecule has 4 nitrogen and oxygen atoms in total. The zero-order valence-corrected chi connectivity index (χ0v) is 10.6. The van der Waals surface area contributed by atoms with E-state index in [-0.39, 0.29) is 12.6 Å². The van der Waals surface area contributed by atoms with Gasteiger partial charge >= 0.3 is 5.97 Å². The summed E-state index contributed by atoms with van der Waals surface area (Å²) in [4.78, 5) is 11.3. The quantitative estimate of drug-likeness (QED) is 0.348. The number of rotatable bonds is 7. The van der Waals surface area contributed by atoms with Crippen LogP contribution in [0.4, 0.5) is 5.69 Å². The van der Waals surface area contributed by atoms with Gasteiger partial charge in [-0.3, -0.25) is 0 Å². The lowest BCUT2D eigenvalue weighted by Crippen LogP contribution is -2.08. The van der Waals surface area contributed by atoms with Crippen molar-refractivity contribution < 1.29 is 14.3 Å². The van der Waals surface area contributed by atoms with E-state index in [0.717, 1.165) is 12.0 Å². The smallest absolute Gasteiger partial charge is 0.330 e. The van der Waals surface area contributed by atoms with Gasteiger partial charge in [0, 0.05) is 18.4 Å². The molecule has 0 aromatic heterocycles. The highest BCUT2D eigenvalue weighted by Gasteiger charge is 1.97. The fourth-order valence-corrected chi connectivity index (χ4v) is 1.32. The fraction of sp³-hybridized carbons (Fsp3) is 0.357. The number of hydrogen-bond acceptors (Lipinski definition) is 4. The second kappa shape index (κ2) is 8.31. The van der Waals surface area contributed by atoms with E-state index in [1.165, 1.54) is 6.08 Å². The van der Waals surface area contributed by atoms with Crippen LogP contribution in [0.5, 0.6) is 0 Å². The van der Waals surface area contributed by atoms with Crippen LogP contribution in [0.1, 0.15) is 18.9 Å². The van der Waals surface area contributed by atoms with Crippen LogP contribution in [-0.4, -0.2) is 25.8 Å². The summed E-state index contributed by atoms with van der Waals surface area (Å²) in [7, 11) is 0. The minimum Gasteiger partial charge on any atom is -0.460 e. The molecule has 0 unspecified atom stereocenters. The predicted octanol–water partition coefficient (Wildman–Crippen LogP) is 2.25. The van der Waals surface area contributed by atoms with Crippen LogP contribution in [0.25, 0.3) is 6.08 Å². The van der Waals surface area contributed by atoms with Crippen molar-refractivity contribution in [1.29, 1.82) is 0 Å². The SMILES string of the molecule is CCCOCCOC(=O)/C=C/c1cccc(N)c1. The van der Waals surface area contributed by atoms with Crippen molar-refractivity contribution in [2.24, 2.45) is 0 Å². The first-order chi connectivity index (χ1) is 8.72. The maximum absolute atomic E-state index is 11.3. The topological polar surface area (TPSA) is 61.5 Å². The molecular weight excluding hydrogens is 230 g/mol. The molecule has 0 aliphatic heterocycles. The van der Waals surface area contributed by atoms with Crippen molar-refractivity contribution in [3.05, 3.63) is 35.9 Å². The highest BCUT2D eigenvalue weighted by molar-refractivity contribution is 5.87. The lowest BCUT2D eigenvalue weighted by atomic mass is 10.2. The van der Waals surface area contributed by atoms with E-state index in [1.807, 2.05) is 19.1 Å². The molecule has 0 heterocycles. The first-order valence-corrected chi connectivity index (χ1v) is 6.00. The third kappa shape index (κ3) is 6.06. The van der Waals surface area contributed by atoms with E-state index in [4.69, 9.17) is 15.2 Å². The number of esters is 1. The lowest BCUT2D eigenvalue weighted by molar-refractivity contribution is -0.139. The highest BCUT2D eigenvalue weighted by atomic mass is 16.6. The summed E-state index contributed by atoms with van der Waals surface area (Å²) >= 11 is 0. The molecule has 4 heteroatoms. The molecule has 0 atom stereocenters. The molecule has 18 heavy (non-hydrogen) atoms. The van der Waals surface area contributed by atoms with Crippen LogP contribution in [0.15, 0.2) is 30.3 Å². The highest BCUT2D eigenvalue weighted by Crippen LogP contribution is 2.08. The van der Waals surface area contributed by atoms with Gasteiger partial charge in [0.05, 0.1) is 6.61 Å². The van der Waals surface area contributed by atoms with E-state index in [1.54, 1.807) is 18.2 Å². The molecule has 0 bridgehead atoms. The maximum Gasteiger partial charge on any atom is 0.330 e. The molecule has 2 N–H and O–H groups in total. The van der Waals surface area contributed by atoms with Gasteiger partial charge in [0.15, 0.2) is 0 Å². The average Bonchev–Trinajstić information content (AvgIpc) is 2.36. The predicted molar refractivity (Wildman–Crippen MR) is 72.0 cm³/mol. The Labute approximate surface area is 107 Å². The second-order valence-electron chi connectivity index (χ2n) is 3.78. The zero-order chi connectivity index (χ0) is 13.2. The Bertz CT molecular complexity index is 402. The molecule has 0 saturated carbocycles. The van der Waals surface area contributed by atoms with Crippen LogP contribution in [0.3, 0.4) is 0 Å². The minimum absolute atomic E-state index is 0.278. The number of ether oxygens (including phenoxy) is 2. The number of carbonyl (C=O) groups is 1. The number of carbonyl (C=O) groups excluding carboxylic acids is 1. The molecule has 0 spiro atoms. The van der Waals surface area contributed by atoms with Gasteiger partial charge in [-0.2, -0.15) is 0 Å². The van der Waals surface area contributed by atoms with Crippen molar-refractivity contribution in [2.45, 2.75) is 13.3 Å². The van der Waals surface area contributed by atoms with E-state index >= 15 is 0 Å². The summed E-state index contributed by atoms with van der Waals surface area (Å²) in [6.45, 7) is 3.43. The first-order valence-electron chi connectivity index (χ1n) is 6.00. The van der Waals surface area contributed by atoms with Crippen LogP contribution in [0, 0.1) is 0 Å². The van der Waals surface area contributed by atoms with Crippen molar-refractivity contribution in [2.75, 3.05) is 25.6 Å². The van der Waals surface area contributed by atoms with Crippen LogP contribution in [-0.2, 0) is 14.3 Å². The number of hydrogen-bond donors (Lipinski definition) is 1. The van der Waals surface area contributed by atoms with Gasteiger partial charge in [-0.05, 0) is 30.2 Å². The molecule has 0 aliphatic carbocycles. The molecule has 1 aromatic carbocycles. The first kappa shape index (κ1) is 14.3. The molecule has 1 rings (SSSR count). The Morgan fingerprint density at radius 1 is 1.33 bits per heavy atom. The zero-order valence-electron chi connectivity index (χ0n) is 10.6. The lowest BCUT2D eigenvalue weighted by Gasteiger charge is -2.02. The molecule has 0 aliphatic rings. The summed E-state index contributed by atoms with van der Waals surface area (Å²) in [5, 5.41) is 0. The van der Waals surface area contributed by atoms with Crippen LogP contribution >= 0.6 is 0 Å². The normalized spacial score (nSPS) is 10.7. The molecular formula is C14H19NO3. The molecule has 0 saturated heterocycles. The summed E-state index contributed by atoms with van der Waals surface area (Å²) in [6.07, 6.45) is 4.02. The van der Waals surface area contributed by atoms with Crippen molar-refractivity contribution >= 4 is 17.7 Å². The molecule has 0 fully saturated rings. The van der Waals surface area contributed by atoms with Gasteiger partial charge in [0.25, 0.3) is 0 Å². The third-order valence-corrected chi connectivity index (χ3v) is 2.14. The van der Waals surface area contributed by atoms with Gasteiger partial charge in [-0.1, -0.05) is 19.1 Å². The number of anilines is 1. The molecule has 0 radical (unpaired) electrons. The van der Waals surface area contributed by atoms with E-state index in [9.17, 15) is 4.79 Å². The number of nitrogen functional groups attached to an aromatic ring is 1. The Kier molecular flexibility index (Phi) is 6.58. The summed E-state index contributed by atoms with van der Waals surface area (Å²) in [5.41, 5.74) is 7.16. The summed E-state index contributed by atoms with van der Waals surface area (Å²) in [5.74, 6) is -0.377. The largest absolute Gasteiger partial charge is 0.460 e. The monoisotopic (exact) mass is 249 g/mol. The molecule has 0 amide bonds. The van der Waals surface area contributed by atoms with Crippen molar-refractivity contribution in [3.8, 4) is 0 Å². The van der Waals surface area contributed by atoms with Crippen molar-refractivity contribution in [3.63, 3.8) is 0 Å². The summed E-state index contributed by atoms with van der Waals surface area (Å²) in [6, 6.07) is 7.28. The van der Waals surface area contributed by atoms with Gasteiger partial charge < -0.3 is 15.2 Å². The van der Waals surface area contributed by atoms with E-state index in [2.05, 4.69) is 0 Å². The average molecular weight is 249 g/mol. The Morgan fingerprint density at radius 3 is 2.89 bits per heavy atom. The standard InChI is InChI=1S/C14H19NO3/c1-2-8-17-9-10-18-14(16)7-6-12-4-3-5-13(15)11-12/h3-7,11H,2,8-10,15H2,1H3/b7-6+. The summed E-state index contributed by atoms with van der Waals surface area (Å²) < 4.78 is 10.2. The van der Waals surface area contributed by atoms with E-state index < -0.39 is 0 Å². The van der Waals surface area contributed by atoms with Gasteiger partial charge in [0.1, 0.15) is 6.61 Å². The van der Waals surface area contributed by atoms with Crippen LogP contribution in [0.2, 0.25) is 0 Å². The Morgan fingerprint density at radius 2 is 2.17 bits per heavy atom. The number of benzene rings is 1. The van der Waals surface area contributed by atoms with Gasteiger partial charge in [-0.15, -0.1) is 0 Å². The van der Waals surface area contributed by atoms with Gasteiger partial charge in [0.2, 0.25) is 0 Å². The Balaban J connectivity index is 2.27. The Hall–Kier alpha value is -1.81. The van der Waals surface area contributed by atoms with Crippen LogP contribution < -0.4 is 5.73 Å². The van der Waals surface area contributed by atoms with E-state index in [0.29, 0.717) is 18.9 Å². The minimum atomic E-state index is -0.377. The maximum atomic E-state index is 11.3.